The zero-order valence-corrected chi connectivity index (χ0v) is 18.0. The molecule has 30 heavy (non-hydrogen) atoms. The molecule has 0 spiro atoms. The summed E-state index contributed by atoms with van der Waals surface area (Å²) in [4.78, 5) is 19.1. The fourth-order valence-electron chi connectivity index (χ4n) is 5.38. The van der Waals surface area contributed by atoms with Gasteiger partial charge in [0.2, 0.25) is 0 Å². The Labute approximate surface area is 176 Å². The highest BCUT2D eigenvalue weighted by molar-refractivity contribution is 6.05. The quantitative estimate of drug-likeness (QED) is 0.629. The molecule has 1 aliphatic heterocycles. The van der Waals surface area contributed by atoms with Crippen LogP contribution in [0.15, 0.2) is 18.3 Å². The second-order valence-electron chi connectivity index (χ2n) is 8.97. The molecule has 2 aromatic rings. The number of alkyl halides is 2. The molecule has 164 valence electrons. The maximum atomic E-state index is 13.1. The zero-order chi connectivity index (χ0) is 21.5. The third kappa shape index (κ3) is 3.96. The number of esters is 1. The molecule has 3 heterocycles. The largest absolute Gasteiger partial charge is 0.462 e. The van der Waals surface area contributed by atoms with E-state index in [-0.39, 0.29) is 25.1 Å². The molecule has 1 saturated carbocycles. The summed E-state index contributed by atoms with van der Waals surface area (Å²) in [7, 11) is 0. The Morgan fingerprint density at radius 1 is 1.30 bits per heavy atom. The van der Waals surface area contributed by atoms with Crippen LogP contribution in [-0.4, -0.2) is 52.6 Å². The van der Waals surface area contributed by atoms with E-state index in [0.29, 0.717) is 24.0 Å². The predicted molar refractivity (Wildman–Crippen MR) is 112 cm³/mol. The summed E-state index contributed by atoms with van der Waals surface area (Å²) in [6.45, 7) is 6.95. The van der Waals surface area contributed by atoms with Crippen LogP contribution < -0.4 is 0 Å². The molecule has 0 amide bonds. The van der Waals surface area contributed by atoms with Gasteiger partial charge in [-0.05, 0) is 70.4 Å². The molecular weight excluding hydrogens is 388 g/mol. The van der Waals surface area contributed by atoms with Gasteiger partial charge in [-0.1, -0.05) is 0 Å². The standard InChI is InChI=1S/C23H31F2N3O2/c1-4-30-22(29)20-16(3)28(21-19(20)6-5-11-26-21)15(2)18-9-7-17(8-10-18)12-27-13-23(24,25)14-27/h5-6,11,15,17-18H,4,7-10,12-14H2,1-3H3. The summed E-state index contributed by atoms with van der Waals surface area (Å²) in [6.07, 6.45) is 6.02. The molecule has 1 aliphatic carbocycles. The van der Waals surface area contributed by atoms with Gasteiger partial charge in [0.05, 0.1) is 25.3 Å². The number of hydrogen-bond donors (Lipinski definition) is 0. The minimum atomic E-state index is -2.48. The fourth-order valence-corrected chi connectivity index (χ4v) is 5.38. The fraction of sp³-hybridized carbons (Fsp3) is 0.652. The van der Waals surface area contributed by atoms with Gasteiger partial charge >= 0.3 is 5.97 Å². The number of ether oxygens (including phenoxy) is 1. The number of aromatic nitrogens is 2. The zero-order valence-electron chi connectivity index (χ0n) is 18.0. The van der Waals surface area contributed by atoms with Crippen LogP contribution in [0.1, 0.15) is 61.6 Å². The molecule has 0 bridgehead atoms. The lowest BCUT2D eigenvalue weighted by Crippen LogP contribution is -2.57. The topological polar surface area (TPSA) is 47.4 Å². The summed E-state index contributed by atoms with van der Waals surface area (Å²) in [5.74, 6) is -1.80. The number of likely N-dealkylation sites (tertiary alicyclic amines) is 1. The van der Waals surface area contributed by atoms with E-state index in [1.165, 1.54) is 0 Å². The average molecular weight is 420 g/mol. The van der Waals surface area contributed by atoms with E-state index in [1.54, 1.807) is 6.20 Å². The highest BCUT2D eigenvalue weighted by atomic mass is 19.3. The third-order valence-electron chi connectivity index (χ3n) is 6.89. The molecular formula is C23H31F2N3O2. The number of rotatable bonds is 6. The van der Waals surface area contributed by atoms with Crippen molar-refractivity contribution in [3.05, 3.63) is 29.6 Å². The monoisotopic (exact) mass is 419 g/mol. The highest BCUT2D eigenvalue weighted by Crippen LogP contribution is 2.40. The van der Waals surface area contributed by atoms with E-state index in [9.17, 15) is 13.6 Å². The van der Waals surface area contributed by atoms with Gasteiger partial charge in [-0.15, -0.1) is 0 Å². The minimum Gasteiger partial charge on any atom is -0.462 e. The molecule has 1 unspecified atom stereocenters. The number of halogens is 2. The van der Waals surface area contributed by atoms with Gasteiger partial charge in [0, 0.05) is 29.9 Å². The molecule has 0 aromatic carbocycles. The number of carbonyl (C=O) groups excluding carboxylic acids is 1. The molecule has 2 aliphatic rings. The Morgan fingerprint density at radius 3 is 2.63 bits per heavy atom. The van der Waals surface area contributed by atoms with Crippen LogP contribution in [0.25, 0.3) is 11.0 Å². The Balaban J connectivity index is 1.48. The van der Waals surface area contributed by atoms with Gasteiger partial charge in [-0.25, -0.2) is 18.6 Å². The molecule has 5 nitrogen and oxygen atoms in total. The van der Waals surface area contributed by atoms with Crippen molar-refractivity contribution in [3.8, 4) is 0 Å². The van der Waals surface area contributed by atoms with Crippen LogP contribution in [0.4, 0.5) is 8.78 Å². The second-order valence-corrected chi connectivity index (χ2v) is 8.97. The Kier molecular flexibility index (Phi) is 5.84. The van der Waals surface area contributed by atoms with Crippen molar-refractivity contribution in [1.29, 1.82) is 0 Å². The second kappa shape index (κ2) is 8.25. The maximum absolute atomic E-state index is 13.1. The molecule has 1 saturated heterocycles. The van der Waals surface area contributed by atoms with E-state index in [2.05, 4.69) is 16.5 Å². The number of nitrogens with zero attached hydrogens (tertiary/aromatic N) is 3. The molecule has 0 radical (unpaired) electrons. The van der Waals surface area contributed by atoms with E-state index >= 15 is 0 Å². The number of pyridine rings is 1. The first-order chi connectivity index (χ1) is 14.3. The summed E-state index contributed by atoms with van der Waals surface area (Å²) in [5, 5.41) is 0.840. The first kappa shape index (κ1) is 21.2. The summed E-state index contributed by atoms with van der Waals surface area (Å²) >= 11 is 0. The van der Waals surface area contributed by atoms with Crippen molar-refractivity contribution in [3.63, 3.8) is 0 Å². The van der Waals surface area contributed by atoms with Crippen LogP contribution in [0.3, 0.4) is 0 Å². The summed E-state index contributed by atoms with van der Waals surface area (Å²) < 4.78 is 33.7. The molecule has 2 aromatic heterocycles. The van der Waals surface area contributed by atoms with Crippen LogP contribution in [0.5, 0.6) is 0 Å². The summed E-state index contributed by atoms with van der Waals surface area (Å²) in [5.41, 5.74) is 2.34. The van der Waals surface area contributed by atoms with E-state index in [0.717, 1.165) is 49.0 Å². The summed E-state index contributed by atoms with van der Waals surface area (Å²) in [6, 6.07) is 3.99. The molecule has 4 rings (SSSR count). The van der Waals surface area contributed by atoms with Gasteiger partial charge < -0.3 is 9.30 Å². The molecule has 1 atom stereocenters. The van der Waals surface area contributed by atoms with Crippen LogP contribution in [-0.2, 0) is 4.74 Å². The lowest BCUT2D eigenvalue weighted by Gasteiger charge is -2.42. The predicted octanol–water partition coefficient (Wildman–Crippen LogP) is 4.84. The lowest BCUT2D eigenvalue weighted by molar-refractivity contribution is -0.135. The van der Waals surface area contributed by atoms with Crippen molar-refractivity contribution < 1.29 is 18.3 Å². The SMILES string of the molecule is CCOC(=O)c1c(C)n(C(C)C2CCC(CN3CC(F)(F)C3)CC2)c2ncccc12. The Morgan fingerprint density at radius 2 is 2.00 bits per heavy atom. The van der Waals surface area contributed by atoms with Gasteiger partial charge in [-0.3, -0.25) is 4.90 Å². The average Bonchev–Trinajstić information content (AvgIpc) is 2.98. The third-order valence-corrected chi connectivity index (χ3v) is 6.89. The van der Waals surface area contributed by atoms with Gasteiger partial charge in [-0.2, -0.15) is 0 Å². The first-order valence-electron chi connectivity index (χ1n) is 11.0. The Bertz CT molecular complexity index is 911. The first-order valence-corrected chi connectivity index (χ1v) is 11.0. The van der Waals surface area contributed by atoms with Gasteiger partial charge in [0.25, 0.3) is 5.92 Å². The van der Waals surface area contributed by atoms with E-state index < -0.39 is 5.92 Å². The molecule has 2 fully saturated rings. The van der Waals surface area contributed by atoms with Crippen LogP contribution in [0, 0.1) is 18.8 Å². The van der Waals surface area contributed by atoms with Crippen LogP contribution in [0.2, 0.25) is 0 Å². The van der Waals surface area contributed by atoms with Gasteiger partial charge in [0.15, 0.2) is 0 Å². The number of carbonyl (C=O) groups is 1. The van der Waals surface area contributed by atoms with Crippen molar-refractivity contribution >= 4 is 17.0 Å². The lowest BCUT2D eigenvalue weighted by atomic mass is 9.78. The van der Waals surface area contributed by atoms with Gasteiger partial charge in [0.1, 0.15) is 5.65 Å². The van der Waals surface area contributed by atoms with Crippen molar-refractivity contribution in [2.75, 3.05) is 26.2 Å². The highest BCUT2D eigenvalue weighted by Gasteiger charge is 2.44. The van der Waals surface area contributed by atoms with E-state index in [1.807, 2.05) is 30.9 Å². The van der Waals surface area contributed by atoms with E-state index in [4.69, 9.17) is 4.74 Å². The Hall–Kier alpha value is -2.02. The molecule has 0 N–H and O–H groups in total. The smallest absolute Gasteiger partial charge is 0.340 e. The normalized spacial score (nSPS) is 25.1. The molecule has 7 heteroatoms. The number of fused-ring (bicyclic) bond motifs is 1. The van der Waals surface area contributed by atoms with Crippen LogP contribution >= 0.6 is 0 Å². The van der Waals surface area contributed by atoms with Crippen molar-refractivity contribution in [2.24, 2.45) is 11.8 Å². The number of hydrogen-bond acceptors (Lipinski definition) is 4. The van der Waals surface area contributed by atoms with Crippen molar-refractivity contribution in [2.45, 2.75) is 58.4 Å². The van der Waals surface area contributed by atoms with Crippen molar-refractivity contribution in [1.82, 2.24) is 14.5 Å². The minimum absolute atomic E-state index is 0.0831. The maximum Gasteiger partial charge on any atom is 0.340 e.